The first kappa shape index (κ1) is 15.5. The zero-order valence-corrected chi connectivity index (χ0v) is 14.5. The third-order valence-electron chi connectivity index (χ3n) is 3.77. The summed E-state index contributed by atoms with van der Waals surface area (Å²) in [5, 5.41) is 3.58. The summed E-state index contributed by atoms with van der Waals surface area (Å²) in [7, 11) is 0. The van der Waals surface area contributed by atoms with E-state index in [0.29, 0.717) is 5.92 Å². The van der Waals surface area contributed by atoms with Crippen molar-refractivity contribution in [2.24, 2.45) is 0 Å². The van der Waals surface area contributed by atoms with Crippen molar-refractivity contribution in [2.75, 3.05) is 5.32 Å². The molecule has 0 saturated heterocycles. The zero-order valence-electron chi connectivity index (χ0n) is 14.5. The van der Waals surface area contributed by atoms with Crippen LogP contribution in [0.1, 0.15) is 46.1 Å². The Bertz CT molecular complexity index is 807. The molecule has 1 aromatic carbocycles. The maximum absolute atomic E-state index is 4.78. The molecule has 0 fully saturated rings. The summed E-state index contributed by atoms with van der Waals surface area (Å²) in [6, 6.07) is 8.67. The second-order valence-electron chi connectivity index (χ2n) is 7.27. The normalized spacial score (nSPS) is 12.1. The molecule has 1 N–H and O–H groups in total. The van der Waals surface area contributed by atoms with Gasteiger partial charge in [-0.05, 0) is 32.3 Å². The average molecular weight is 308 g/mol. The lowest BCUT2D eigenvalue weighted by atomic mass is 10.0. The minimum atomic E-state index is -0.0497. The van der Waals surface area contributed by atoms with Gasteiger partial charge in [0, 0.05) is 23.5 Å². The van der Waals surface area contributed by atoms with Gasteiger partial charge in [-0.25, -0.2) is 4.98 Å². The lowest BCUT2D eigenvalue weighted by molar-refractivity contribution is 0.629. The van der Waals surface area contributed by atoms with E-state index in [1.54, 1.807) is 12.4 Å². The van der Waals surface area contributed by atoms with Crippen molar-refractivity contribution in [3.8, 4) is 11.3 Å². The van der Waals surface area contributed by atoms with Gasteiger partial charge in [0.25, 0.3) is 0 Å². The third-order valence-corrected chi connectivity index (χ3v) is 3.77. The first-order chi connectivity index (χ1) is 10.8. The van der Waals surface area contributed by atoms with Crippen LogP contribution in [-0.4, -0.2) is 19.9 Å². The second-order valence-corrected chi connectivity index (χ2v) is 7.27. The van der Waals surface area contributed by atoms with Crippen molar-refractivity contribution in [3.05, 3.63) is 48.4 Å². The van der Waals surface area contributed by atoms with Crippen LogP contribution in [-0.2, 0) is 0 Å². The number of fused-ring (bicyclic) bond motifs is 1. The van der Waals surface area contributed by atoms with E-state index in [4.69, 9.17) is 4.98 Å². The Kier molecular flexibility index (Phi) is 3.84. The molecule has 0 aliphatic heterocycles. The monoisotopic (exact) mass is 308 g/mol. The molecule has 0 spiro atoms. The highest BCUT2D eigenvalue weighted by atomic mass is 15.2. The number of rotatable bonds is 3. The van der Waals surface area contributed by atoms with Crippen molar-refractivity contribution < 1.29 is 0 Å². The van der Waals surface area contributed by atoms with Crippen LogP contribution in [0.25, 0.3) is 16.9 Å². The minimum absolute atomic E-state index is 0.0497. The Labute approximate surface area is 137 Å². The van der Waals surface area contributed by atoms with E-state index in [9.17, 15) is 0 Å². The fourth-order valence-electron chi connectivity index (χ4n) is 2.61. The molecule has 120 valence electrons. The smallest absolute Gasteiger partial charge is 0.157 e. The molecule has 4 heteroatoms. The average Bonchev–Trinajstić information content (AvgIpc) is 2.84. The Hall–Kier alpha value is -2.36. The molecule has 2 heterocycles. The molecule has 2 aromatic heterocycles. The van der Waals surface area contributed by atoms with Gasteiger partial charge in [-0.3, -0.25) is 9.38 Å². The molecule has 23 heavy (non-hydrogen) atoms. The van der Waals surface area contributed by atoms with Crippen LogP contribution in [0.4, 0.5) is 5.82 Å². The molecule has 3 rings (SSSR count). The highest BCUT2D eigenvalue weighted by molar-refractivity contribution is 5.76. The van der Waals surface area contributed by atoms with Crippen LogP contribution in [0.2, 0.25) is 0 Å². The van der Waals surface area contributed by atoms with Gasteiger partial charge in [-0.1, -0.05) is 38.1 Å². The number of imidazole rings is 1. The first-order valence-corrected chi connectivity index (χ1v) is 8.06. The Morgan fingerprint density at radius 2 is 1.78 bits per heavy atom. The van der Waals surface area contributed by atoms with E-state index in [-0.39, 0.29) is 5.54 Å². The minimum Gasteiger partial charge on any atom is -0.365 e. The van der Waals surface area contributed by atoms with Gasteiger partial charge in [0.05, 0.1) is 6.20 Å². The number of hydrogen-bond donors (Lipinski definition) is 1. The molecule has 0 atom stereocenters. The van der Waals surface area contributed by atoms with E-state index < -0.39 is 0 Å². The van der Waals surface area contributed by atoms with Crippen molar-refractivity contribution in [3.63, 3.8) is 0 Å². The van der Waals surface area contributed by atoms with Crippen LogP contribution in [0, 0.1) is 0 Å². The molecule has 0 aliphatic rings. The zero-order chi connectivity index (χ0) is 16.6. The van der Waals surface area contributed by atoms with Crippen LogP contribution >= 0.6 is 0 Å². The van der Waals surface area contributed by atoms with E-state index in [1.165, 1.54) is 5.56 Å². The summed E-state index contributed by atoms with van der Waals surface area (Å²) in [5.74, 6) is 1.54. The van der Waals surface area contributed by atoms with Gasteiger partial charge >= 0.3 is 0 Å². The number of nitrogens with zero attached hydrogens (tertiary/aromatic N) is 3. The lowest BCUT2D eigenvalue weighted by Crippen LogP contribution is -2.27. The van der Waals surface area contributed by atoms with Crippen LogP contribution in [0.3, 0.4) is 0 Å². The van der Waals surface area contributed by atoms with Crippen LogP contribution in [0.5, 0.6) is 0 Å². The van der Waals surface area contributed by atoms with E-state index >= 15 is 0 Å². The van der Waals surface area contributed by atoms with Gasteiger partial charge in [-0.15, -0.1) is 0 Å². The molecule has 0 unspecified atom stereocenters. The molecule has 4 nitrogen and oxygen atoms in total. The van der Waals surface area contributed by atoms with E-state index in [0.717, 1.165) is 22.7 Å². The van der Waals surface area contributed by atoms with Gasteiger partial charge in [0.1, 0.15) is 11.5 Å². The highest BCUT2D eigenvalue weighted by Crippen LogP contribution is 2.31. The van der Waals surface area contributed by atoms with Gasteiger partial charge in [-0.2, -0.15) is 0 Å². The lowest BCUT2D eigenvalue weighted by Gasteiger charge is -2.22. The molecule has 0 radical (unpaired) electrons. The Morgan fingerprint density at radius 1 is 1.09 bits per heavy atom. The summed E-state index contributed by atoms with van der Waals surface area (Å²) in [6.45, 7) is 10.9. The summed E-state index contributed by atoms with van der Waals surface area (Å²) in [5.41, 5.74) is 4.21. The summed E-state index contributed by atoms with van der Waals surface area (Å²) >= 11 is 0. The van der Waals surface area contributed by atoms with Crippen molar-refractivity contribution in [1.82, 2.24) is 14.4 Å². The molecule has 0 aliphatic carbocycles. The fraction of sp³-hybridized carbons (Fsp3) is 0.368. The number of benzene rings is 1. The topological polar surface area (TPSA) is 42.2 Å². The molecule has 0 bridgehead atoms. The fourth-order valence-corrected chi connectivity index (χ4v) is 2.61. The van der Waals surface area contributed by atoms with Gasteiger partial charge in [0.15, 0.2) is 5.65 Å². The van der Waals surface area contributed by atoms with Gasteiger partial charge < -0.3 is 5.32 Å². The predicted molar refractivity (Wildman–Crippen MR) is 95.9 cm³/mol. The first-order valence-electron chi connectivity index (χ1n) is 8.06. The summed E-state index contributed by atoms with van der Waals surface area (Å²) in [4.78, 5) is 8.96. The van der Waals surface area contributed by atoms with Crippen molar-refractivity contribution >= 4 is 11.5 Å². The highest BCUT2D eigenvalue weighted by Gasteiger charge is 2.19. The predicted octanol–water partition coefficient (Wildman–Crippen LogP) is 4.73. The quantitative estimate of drug-likeness (QED) is 0.760. The molecule has 0 saturated carbocycles. The van der Waals surface area contributed by atoms with Crippen LogP contribution in [0.15, 0.2) is 42.9 Å². The Balaban J connectivity index is 2.14. The van der Waals surface area contributed by atoms with Crippen LogP contribution < -0.4 is 5.32 Å². The standard InChI is InChI=1S/C19H24N4/c1-13(2)14-6-8-15(9-7-14)17-18(22-19(3,4)5)23-11-10-20-12-16(23)21-17/h6-13,22H,1-5H3. The molecule has 0 amide bonds. The van der Waals surface area contributed by atoms with E-state index in [1.807, 2.05) is 6.20 Å². The van der Waals surface area contributed by atoms with Crippen molar-refractivity contribution in [2.45, 2.75) is 46.1 Å². The maximum atomic E-state index is 4.78. The third kappa shape index (κ3) is 3.21. The number of aromatic nitrogens is 3. The Morgan fingerprint density at radius 3 is 2.39 bits per heavy atom. The van der Waals surface area contributed by atoms with Gasteiger partial charge in [0.2, 0.25) is 0 Å². The summed E-state index contributed by atoms with van der Waals surface area (Å²) in [6.07, 6.45) is 5.52. The summed E-state index contributed by atoms with van der Waals surface area (Å²) < 4.78 is 2.06. The molecular formula is C19H24N4. The van der Waals surface area contributed by atoms with E-state index in [2.05, 4.69) is 73.6 Å². The SMILES string of the molecule is CC(C)c1ccc(-c2nc3cnccn3c2NC(C)(C)C)cc1. The largest absolute Gasteiger partial charge is 0.365 e. The molecule has 3 aromatic rings. The van der Waals surface area contributed by atoms with Crippen molar-refractivity contribution in [1.29, 1.82) is 0 Å². The number of anilines is 1. The number of hydrogen-bond acceptors (Lipinski definition) is 3. The second kappa shape index (κ2) is 5.69. The number of nitrogens with one attached hydrogen (secondary N) is 1. The molecular weight excluding hydrogens is 284 g/mol. The maximum Gasteiger partial charge on any atom is 0.157 e.